The number of ether oxygens (including phenoxy) is 1. The molecule has 1 aliphatic rings. The van der Waals surface area contributed by atoms with Gasteiger partial charge >= 0.3 is 5.97 Å². The molecule has 1 fully saturated rings. The third-order valence-electron chi connectivity index (χ3n) is 3.52. The molecule has 1 aromatic carbocycles. The number of hydrogen-bond acceptors (Lipinski definition) is 5. The van der Waals surface area contributed by atoms with E-state index in [-0.39, 0.29) is 16.6 Å². The zero-order valence-electron chi connectivity index (χ0n) is 14.1. The van der Waals surface area contributed by atoms with Crippen molar-refractivity contribution in [1.29, 1.82) is 0 Å². The number of anilines is 1. The number of carboxylic acids is 1. The fourth-order valence-electron chi connectivity index (χ4n) is 2.51. The summed E-state index contributed by atoms with van der Waals surface area (Å²) >= 11 is 0. The number of sulfonamides is 1. The smallest absolute Gasteiger partial charge is 0.337 e. The lowest BCUT2D eigenvalue weighted by Crippen LogP contribution is -2.40. The average molecular weight is 356 g/mol. The van der Waals surface area contributed by atoms with Gasteiger partial charge in [-0.1, -0.05) is 0 Å². The van der Waals surface area contributed by atoms with Gasteiger partial charge in [0.2, 0.25) is 10.0 Å². The van der Waals surface area contributed by atoms with Crippen LogP contribution in [0.25, 0.3) is 0 Å². The summed E-state index contributed by atoms with van der Waals surface area (Å²) in [4.78, 5) is 11.4. The van der Waals surface area contributed by atoms with Crippen molar-refractivity contribution in [2.75, 3.05) is 18.5 Å². The van der Waals surface area contributed by atoms with Gasteiger partial charge in [-0.05, 0) is 51.8 Å². The maximum atomic E-state index is 12.4. The lowest BCUT2D eigenvalue weighted by atomic mass is 10.1. The minimum Gasteiger partial charge on any atom is -0.478 e. The van der Waals surface area contributed by atoms with Crippen molar-refractivity contribution in [3.05, 3.63) is 23.8 Å². The minimum absolute atomic E-state index is 0.0533. The van der Waals surface area contributed by atoms with Crippen LogP contribution in [0.1, 0.15) is 44.0 Å². The second-order valence-corrected chi connectivity index (χ2v) is 8.57. The zero-order valence-corrected chi connectivity index (χ0v) is 14.9. The van der Waals surface area contributed by atoms with Gasteiger partial charge in [-0.3, -0.25) is 0 Å². The van der Waals surface area contributed by atoms with Crippen molar-refractivity contribution in [2.45, 2.75) is 50.2 Å². The topological polar surface area (TPSA) is 105 Å². The van der Waals surface area contributed by atoms with E-state index in [0.717, 1.165) is 12.8 Å². The molecule has 1 aromatic rings. The Bertz CT molecular complexity index is 704. The molecule has 134 valence electrons. The number of hydrogen-bond donors (Lipinski definition) is 3. The second kappa shape index (κ2) is 7.08. The predicted octanol–water partition coefficient (Wildman–Crippen LogP) is 2.05. The number of aromatic carboxylic acids is 1. The van der Waals surface area contributed by atoms with Crippen molar-refractivity contribution in [3.8, 4) is 0 Å². The highest BCUT2D eigenvalue weighted by Gasteiger charge is 2.24. The summed E-state index contributed by atoms with van der Waals surface area (Å²) in [5.74, 6) is -1.18. The third kappa shape index (κ3) is 4.93. The first-order valence-corrected chi connectivity index (χ1v) is 9.33. The lowest BCUT2D eigenvalue weighted by Gasteiger charge is -2.21. The van der Waals surface area contributed by atoms with Crippen molar-refractivity contribution in [2.24, 2.45) is 0 Å². The van der Waals surface area contributed by atoms with Crippen LogP contribution in [0.15, 0.2) is 23.1 Å². The number of benzene rings is 1. The van der Waals surface area contributed by atoms with E-state index in [0.29, 0.717) is 18.8 Å². The molecule has 0 spiro atoms. The molecule has 0 amide bonds. The molecule has 1 aliphatic heterocycles. The lowest BCUT2D eigenvalue weighted by molar-refractivity contribution is 0.0697. The molecule has 24 heavy (non-hydrogen) atoms. The van der Waals surface area contributed by atoms with Gasteiger partial charge < -0.3 is 15.2 Å². The summed E-state index contributed by atoms with van der Waals surface area (Å²) in [7, 11) is -3.79. The molecule has 1 unspecified atom stereocenters. The highest BCUT2D eigenvalue weighted by Crippen LogP contribution is 2.23. The van der Waals surface area contributed by atoms with Crippen LogP contribution in [0.4, 0.5) is 5.69 Å². The summed E-state index contributed by atoms with van der Waals surface area (Å²) in [6.45, 7) is 6.38. The maximum absolute atomic E-state index is 12.4. The van der Waals surface area contributed by atoms with Gasteiger partial charge in [-0.2, -0.15) is 0 Å². The fourth-order valence-corrected chi connectivity index (χ4v) is 3.96. The molecule has 1 atom stereocenters. The van der Waals surface area contributed by atoms with E-state index in [9.17, 15) is 18.3 Å². The molecule has 0 aliphatic carbocycles. The highest BCUT2D eigenvalue weighted by molar-refractivity contribution is 7.89. The molecule has 1 heterocycles. The van der Waals surface area contributed by atoms with Crippen molar-refractivity contribution >= 4 is 21.7 Å². The van der Waals surface area contributed by atoms with Crippen molar-refractivity contribution in [1.82, 2.24) is 4.72 Å². The van der Waals surface area contributed by atoms with E-state index in [4.69, 9.17) is 4.74 Å². The molecule has 0 bridgehead atoms. The molecular formula is C16H24N2O5S. The van der Waals surface area contributed by atoms with Gasteiger partial charge in [0, 0.05) is 24.4 Å². The third-order valence-corrected chi connectivity index (χ3v) is 5.27. The van der Waals surface area contributed by atoms with Crippen LogP contribution < -0.4 is 10.0 Å². The van der Waals surface area contributed by atoms with Crippen molar-refractivity contribution < 1.29 is 23.1 Å². The summed E-state index contributed by atoms with van der Waals surface area (Å²) in [6.07, 6.45) is 1.98. The highest BCUT2D eigenvalue weighted by atomic mass is 32.2. The maximum Gasteiger partial charge on any atom is 0.337 e. The first-order chi connectivity index (χ1) is 11.1. The van der Waals surface area contributed by atoms with E-state index >= 15 is 0 Å². The van der Waals surface area contributed by atoms with Crippen LogP contribution in [-0.2, 0) is 14.8 Å². The Morgan fingerprint density at radius 2 is 2.08 bits per heavy atom. The monoisotopic (exact) mass is 356 g/mol. The van der Waals surface area contributed by atoms with Gasteiger partial charge in [0.25, 0.3) is 0 Å². The normalized spacial score (nSPS) is 18.5. The van der Waals surface area contributed by atoms with Gasteiger partial charge in [0.05, 0.1) is 16.6 Å². The minimum atomic E-state index is -3.79. The zero-order chi connectivity index (χ0) is 18.0. The number of nitrogens with one attached hydrogen (secondary N) is 2. The van der Waals surface area contributed by atoms with Crippen LogP contribution >= 0.6 is 0 Å². The molecule has 1 saturated heterocycles. The summed E-state index contributed by atoms with van der Waals surface area (Å²) < 4.78 is 32.7. The van der Waals surface area contributed by atoms with Crippen LogP contribution in [0, 0.1) is 0 Å². The van der Waals surface area contributed by atoms with E-state index < -0.39 is 21.5 Å². The average Bonchev–Trinajstić information content (AvgIpc) is 2.95. The standard InChI is InChI=1S/C16H24N2O5S/c1-16(2,3)18-24(21,22)12-6-7-14(13(9-12)15(19)20)17-10-11-5-4-8-23-11/h6-7,9,11,17-18H,4-5,8,10H2,1-3H3,(H,19,20). The van der Waals surface area contributed by atoms with Gasteiger partial charge in [0.15, 0.2) is 0 Å². The molecule has 0 radical (unpaired) electrons. The fraction of sp³-hybridized carbons (Fsp3) is 0.562. The molecule has 8 heteroatoms. The number of rotatable bonds is 6. The quantitative estimate of drug-likeness (QED) is 0.720. The molecular weight excluding hydrogens is 332 g/mol. The first-order valence-electron chi connectivity index (χ1n) is 7.85. The Labute approximate surface area is 142 Å². The number of carboxylic acid groups (broad SMARTS) is 1. The Morgan fingerprint density at radius 3 is 2.62 bits per heavy atom. The van der Waals surface area contributed by atoms with Crippen LogP contribution in [0.5, 0.6) is 0 Å². The van der Waals surface area contributed by atoms with Crippen LogP contribution in [0.3, 0.4) is 0 Å². The Balaban J connectivity index is 2.24. The SMILES string of the molecule is CC(C)(C)NS(=O)(=O)c1ccc(NCC2CCCO2)c(C(=O)O)c1. The summed E-state index contributed by atoms with van der Waals surface area (Å²) in [5.41, 5.74) is -0.351. The van der Waals surface area contributed by atoms with E-state index in [2.05, 4.69) is 10.0 Å². The Kier molecular flexibility index (Phi) is 5.52. The Hall–Kier alpha value is -1.64. The summed E-state index contributed by atoms with van der Waals surface area (Å²) in [5, 5.41) is 12.4. The van der Waals surface area contributed by atoms with Crippen LogP contribution in [0.2, 0.25) is 0 Å². The van der Waals surface area contributed by atoms with Gasteiger partial charge in [0.1, 0.15) is 0 Å². The first kappa shape index (κ1) is 18.7. The van der Waals surface area contributed by atoms with Gasteiger partial charge in [-0.25, -0.2) is 17.9 Å². The van der Waals surface area contributed by atoms with E-state index in [1.54, 1.807) is 20.8 Å². The largest absolute Gasteiger partial charge is 0.478 e. The van der Waals surface area contributed by atoms with Crippen LogP contribution in [-0.4, -0.2) is 44.3 Å². The van der Waals surface area contributed by atoms with E-state index in [1.807, 2.05) is 0 Å². The van der Waals surface area contributed by atoms with Gasteiger partial charge in [-0.15, -0.1) is 0 Å². The molecule has 0 aromatic heterocycles. The summed E-state index contributed by atoms with van der Waals surface area (Å²) in [6, 6.07) is 4.06. The Morgan fingerprint density at radius 1 is 1.38 bits per heavy atom. The molecule has 7 nitrogen and oxygen atoms in total. The molecule has 2 rings (SSSR count). The van der Waals surface area contributed by atoms with E-state index in [1.165, 1.54) is 18.2 Å². The van der Waals surface area contributed by atoms with Crippen molar-refractivity contribution in [3.63, 3.8) is 0 Å². The predicted molar refractivity (Wildman–Crippen MR) is 90.9 cm³/mol. The molecule has 3 N–H and O–H groups in total. The second-order valence-electron chi connectivity index (χ2n) is 6.88. The number of carbonyl (C=O) groups is 1. The molecule has 0 saturated carbocycles.